The number of nitrogens with one attached hydrogen (secondary N) is 2. The first-order chi connectivity index (χ1) is 13.0. The molecule has 0 saturated heterocycles. The van der Waals surface area contributed by atoms with Crippen LogP contribution in [-0.4, -0.2) is 23.8 Å². The summed E-state index contributed by atoms with van der Waals surface area (Å²) in [5.41, 5.74) is 5.94. The first kappa shape index (κ1) is 17.3. The van der Waals surface area contributed by atoms with E-state index in [0.29, 0.717) is 11.3 Å². The van der Waals surface area contributed by atoms with Crippen LogP contribution in [0, 0.1) is 0 Å². The van der Waals surface area contributed by atoms with Gasteiger partial charge < -0.3 is 15.2 Å². The predicted octanol–water partition coefficient (Wildman–Crippen LogP) is 4.28. The van der Waals surface area contributed by atoms with Crippen LogP contribution in [0.1, 0.15) is 41.4 Å². The Kier molecular flexibility index (Phi) is 4.44. The molecule has 1 aliphatic carbocycles. The van der Waals surface area contributed by atoms with E-state index < -0.39 is 0 Å². The second-order valence-corrected chi connectivity index (χ2v) is 7.13. The van der Waals surface area contributed by atoms with Crippen molar-refractivity contribution in [2.45, 2.75) is 32.6 Å². The SMILES string of the molecule is CC(=O)N(C)c1ccc(NC(=O)c2ccc3[nH]c4c(c3c2)CCCC4)cc1. The minimum Gasteiger partial charge on any atom is -0.358 e. The molecule has 2 N–H and O–H groups in total. The fourth-order valence-corrected chi connectivity index (χ4v) is 3.70. The number of rotatable bonds is 3. The summed E-state index contributed by atoms with van der Waals surface area (Å²) in [4.78, 5) is 29.2. The molecule has 0 saturated carbocycles. The maximum absolute atomic E-state index is 12.7. The number of nitrogens with zero attached hydrogens (tertiary/aromatic N) is 1. The lowest BCUT2D eigenvalue weighted by molar-refractivity contribution is -0.116. The number of carbonyl (C=O) groups is 2. The van der Waals surface area contributed by atoms with Gasteiger partial charge in [-0.05, 0) is 73.7 Å². The monoisotopic (exact) mass is 361 g/mol. The molecule has 0 fully saturated rings. The van der Waals surface area contributed by atoms with Crippen molar-refractivity contribution in [1.29, 1.82) is 0 Å². The van der Waals surface area contributed by atoms with E-state index in [1.54, 1.807) is 11.9 Å². The highest BCUT2D eigenvalue weighted by atomic mass is 16.2. The van der Waals surface area contributed by atoms with Gasteiger partial charge in [0.2, 0.25) is 5.91 Å². The molecule has 4 rings (SSSR count). The molecule has 5 heteroatoms. The van der Waals surface area contributed by atoms with E-state index in [9.17, 15) is 9.59 Å². The highest BCUT2D eigenvalue weighted by Gasteiger charge is 2.17. The van der Waals surface area contributed by atoms with Gasteiger partial charge >= 0.3 is 0 Å². The van der Waals surface area contributed by atoms with Crippen LogP contribution in [0.5, 0.6) is 0 Å². The number of fused-ring (bicyclic) bond motifs is 3. The largest absolute Gasteiger partial charge is 0.358 e. The van der Waals surface area contributed by atoms with Crippen molar-refractivity contribution < 1.29 is 9.59 Å². The third kappa shape index (κ3) is 3.33. The number of amides is 2. The Morgan fingerprint density at radius 3 is 2.52 bits per heavy atom. The lowest BCUT2D eigenvalue weighted by Crippen LogP contribution is -2.22. The number of aryl methyl sites for hydroxylation is 2. The number of aromatic nitrogens is 1. The number of carbonyl (C=O) groups excluding carboxylic acids is 2. The van der Waals surface area contributed by atoms with E-state index in [2.05, 4.69) is 10.3 Å². The predicted molar refractivity (Wildman–Crippen MR) is 108 cm³/mol. The van der Waals surface area contributed by atoms with Crippen LogP contribution >= 0.6 is 0 Å². The molecule has 0 unspecified atom stereocenters. The first-order valence-corrected chi connectivity index (χ1v) is 9.32. The summed E-state index contributed by atoms with van der Waals surface area (Å²) in [5.74, 6) is -0.162. The summed E-state index contributed by atoms with van der Waals surface area (Å²) in [6.07, 6.45) is 4.59. The van der Waals surface area contributed by atoms with Crippen LogP contribution in [0.15, 0.2) is 42.5 Å². The van der Waals surface area contributed by atoms with Crippen LogP contribution in [-0.2, 0) is 17.6 Å². The van der Waals surface area contributed by atoms with Gasteiger partial charge in [-0.15, -0.1) is 0 Å². The maximum atomic E-state index is 12.7. The van der Waals surface area contributed by atoms with Gasteiger partial charge in [0.1, 0.15) is 0 Å². The highest BCUT2D eigenvalue weighted by molar-refractivity contribution is 6.06. The van der Waals surface area contributed by atoms with E-state index in [4.69, 9.17) is 0 Å². The highest BCUT2D eigenvalue weighted by Crippen LogP contribution is 2.30. The molecule has 0 atom stereocenters. The van der Waals surface area contributed by atoms with E-state index in [1.165, 1.54) is 31.0 Å². The number of H-pyrrole nitrogens is 1. The Morgan fingerprint density at radius 1 is 1.04 bits per heavy atom. The van der Waals surface area contributed by atoms with Gasteiger partial charge in [0, 0.05) is 47.5 Å². The standard InChI is InChI=1S/C22H23N3O2/c1-14(26)25(2)17-10-8-16(9-11-17)23-22(27)15-7-12-21-19(13-15)18-5-3-4-6-20(18)24-21/h7-13,24H,3-6H2,1-2H3,(H,23,27). The van der Waals surface area contributed by atoms with E-state index in [0.717, 1.165) is 29.4 Å². The third-order valence-corrected chi connectivity index (χ3v) is 5.35. The first-order valence-electron chi connectivity index (χ1n) is 9.32. The van der Waals surface area contributed by atoms with Gasteiger partial charge in [0.25, 0.3) is 5.91 Å². The van der Waals surface area contributed by atoms with Gasteiger partial charge in [-0.25, -0.2) is 0 Å². The molecule has 0 bridgehead atoms. The van der Waals surface area contributed by atoms with Gasteiger partial charge in [0.15, 0.2) is 0 Å². The Bertz CT molecular complexity index is 1020. The molecule has 0 radical (unpaired) electrons. The Morgan fingerprint density at radius 2 is 1.78 bits per heavy atom. The summed E-state index contributed by atoms with van der Waals surface area (Å²) in [5, 5.41) is 4.10. The van der Waals surface area contributed by atoms with Crippen molar-refractivity contribution in [2.75, 3.05) is 17.3 Å². The topological polar surface area (TPSA) is 65.2 Å². The van der Waals surface area contributed by atoms with Crippen LogP contribution in [0.3, 0.4) is 0 Å². The zero-order chi connectivity index (χ0) is 19.0. The molecule has 1 aliphatic rings. The Hall–Kier alpha value is -3.08. The minimum absolute atomic E-state index is 0.0325. The Labute approximate surface area is 158 Å². The van der Waals surface area contributed by atoms with Gasteiger partial charge in [0.05, 0.1) is 0 Å². The quantitative estimate of drug-likeness (QED) is 0.731. The fraction of sp³-hybridized carbons (Fsp3) is 0.273. The number of hydrogen-bond acceptors (Lipinski definition) is 2. The molecule has 5 nitrogen and oxygen atoms in total. The van der Waals surface area contributed by atoms with Gasteiger partial charge in [-0.3, -0.25) is 9.59 Å². The smallest absolute Gasteiger partial charge is 0.255 e. The number of benzene rings is 2. The number of hydrogen-bond donors (Lipinski definition) is 2. The van der Waals surface area contributed by atoms with E-state index >= 15 is 0 Å². The summed E-state index contributed by atoms with van der Waals surface area (Å²) in [6, 6.07) is 13.1. The van der Waals surface area contributed by atoms with Gasteiger partial charge in [-0.1, -0.05) is 0 Å². The summed E-state index contributed by atoms with van der Waals surface area (Å²) < 4.78 is 0. The maximum Gasteiger partial charge on any atom is 0.255 e. The zero-order valence-electron chi connectivity index (χ0n) is 15.6. The van der Waals surface area contributed by atoms with Crippen LogP contribution < -0.4 is 10.2 Å². The van der Waals surface area contributed by atoms with Crippen LogP contribution in [0.2, 0.25) is 0 Å². The van der Waals surface area contributed by atoms with Crippen molar-refractivity contribution in [1.82, 2.24) is 4.98 Å². The van der Waals surface area contributed by atoms with E-state index in [-0.39, 0.29) is 11.8 Å². The molecule has 1 heterocycles. The summed E-state index contributed by atoms with van der Waals surface area (Å²) >= 11 is 0. The number of anilines is 2. The van der Waals surface area contributed by atoms with Crippen molar-refractivity contribution in [2.24, 2.45) is 0 Å². The molecule has 138 valence electrons. The second kappa shape index (κ2) is 6.91. The average molecular weight is 361 g/mol. The average Bonchev–Trinajstić information content (AvgIpc) is 3.05. The molecule has 1 aromatic heterocycles. The van der Waals surface area contributed by atoms with Crippen molar-refractivity contribution in [3.05, 3.63) is 59.3 Å². The van der Waals surface area contributed by atoms with Crippen LogP contribution in [0.25, 0.3) is 10.9 Å². The van der Waals surface area contributed by atoms with Crippen LogP contribution in [0.4, 0.5) is 11.4 Å². The Balaban J connectivity index is 1.55. The van der Waals surface area contributed by atoms with Crippen molar-refractivity contribution in [3.8, 4) is 0 Å². The molecule has 0 spiro atoms. The molecule has 2 amide bonds. The second-order valence-electron chi connectivity index (χ2n) is 7.13. The fourth-order valence-electron chi connectivity index (χ4n) is 3.70. The summed E-state index contributed by atoms with van der Waals surface area (Å²) in [6.45, 7) is 1.52. The van der Waals surface area contributed by atoms with Crippen molar-refractivity contribution in [3.63, 3.8) is 0 Å². The lowest BCUT2D eigenvalue weighted by atomic mass is 9.95. The molecular weight excluding hydrogens is 338 g/mol. The van der Waals surface area contributed by atoms with Crippen molar-refractivity contribution >= 4 is 34.1 Å². The van der Waals surface area contributed by atoms with Gasteiger partial charge in [-0.2, -0.15) is 0 Å². The van der Waals surface area contributed by atoms with E-state index in [1.807, 2.05) is 42.5 Å². The normalized spacial score (nSPS) is 13.3. The molecule has 3 aromatic rings. The summed E-state index contributed by atoms with van der Waals surface area (Å²) in [7, 11) is 1.72. The number of aromatic amines is 1. The molecule has 27 heavy (non-hydrogen) atoms. The zero-order valence-corrected chi connectivity index (χ0v) is 15.6. The molecule has 2 aromatic carbocycles. The lowest BCUT2D eigenvalue weighted by Gasteiger charge is -2.15. The molecule has 0 aliphatic heterocycles. The minimum atomic E-state index is -0.129. The third-order valence-electron chi connectivity index (χ3n) is 5.35. The molecular formula is C22H23N3O2.